The van der Waals surface area contributed by atoms with Crippen molar-refractivity contribution in [2.45, 2.75) is 6.92 Å². The van der Waals surface area contributed by atoms with Crippen LogP contribution in [0.3, 0.4) is 0 Å². The summed E-state index contributed by atoms with van der Waals surface area (Å²) in [5.41, 5.74) is 0.769. The molecule has 1 amide bonds. The first-order chi connectivity index (χ1) is 9.63. The molecule has 0 radical (unpaired) electrons. The molecule has 0 aromatic carbocycles. The van der Waals surface area contributed by atoms with Crippen molar-refractivity contribution in [3.05, 3.63) is 46.3 Å². The number of ketones is 1. The number of aryl methyl sites for hydroxylation is 1. The highest BCUT2D eigenvalue weighted by molar-refractivity contribution is 7.12. The van der Waals surface area contributed by atoms with E-state index in [-0.39, 0.29) is 0 Å². The van der Waals surface area contributed by atoms with Crippen molar-refractivity contribution in [2.24, 2.45) is 5.92 Å². The molecule has 6 heteroatoms. The summed E-state index contributed by atoms with van der Waals surface area (Å²) in [6.07, 6.45) is 1.52. The normalized spacial score (nSPS) is 11.4. The lowest BCUT2D eigenvalue weighted by molar-refractivity contribution is -0.117. The number of anilines is 1. The number of thiophene rings is 1. The summed E-state index contributed by atoms with van der Waals surface area (Å²) in [5.74, 6) is -2.19. The van der Waals surface area contributed by atoms with E-state index in [1.165, 1.54) is 17.5 Å². The lowest BCUT2D eigenvalue weighted by Gasteiger charge is -2.08. The molecule has 0 aliphatic heterocycles. The summed E-state index contributed by atoms with van der Waals surface area (Å²) >= 11 is 1.23. The number of Topliss-reactive ketones (excluding diaryl/α,β-unsaturated/α-hetero) is 1. The second-order valence-corrected chi connectivity index (χ2v) is 4.98. The van der Waals surface area contributed by atoms with Crippen molar-refractivity contribution in [3.8, 4) is 6.07 Å². The molecule has 0 aliphatic rings. The molecule has 2 aromatic heterocycles. The lowest BCUT2D eigenvalue weighted by atomic mass is 10.0. The van der Waals surface area contributed by atoms with Gasteiger partial charge in [0, 0.05) is 6.20 Å². The fourth-order valence-corrected chi connectivity index (χ4v) is 2.52. The predicted octanol–water partition coefficient (Wildman–Crippen LogP) is 2.41. The van der Waals surface area contributed by atoms with Crippen LogP contribution in [0.4, 0.5) is 5.82 Å². The van der Waals surface area contributed by atoms with Crippen molar-refractivity contribution in [1.29, 1.82) is 5.26 Å². The Morgan fingerprint density at radius 1 is 1.40 bits per heavy atom. The lowest BCUT2D eigenvalue weighted by Crippen LogP contribution is -2.28. The van der Waals surface area contributed by atoms with Gasteiger partial charge in [0.25, 0.3) is 5.91 Å². The maximum Gasteiger partial charge on any atom is 0.250 e. The van der Waals surface area contributed by atoms with Gasteiger partial charge < -0.3 is 5.32 Å². The van der Waals surface area contributed by atoms with E-state index in [0.29, 0.717) is 10.7 Å². The number of nitriles is 1. The Morgan fingerprint density at radius 3 is 2.75 bits per heavy atom. The van der Waals surface area contributed by atoms with E-state index < -0.39 is 17.6 Å². The summed E-state index contributed by atoms with van der Waals surface area (Å²) in [7, 11) is 0. The fraction of sp³-hybridized carbons (Fsp3) is 0.143. The number of nitrogens with zero attached hydrogens (tertiary/aromatic N) is 2. The SMILES string of the molecule is Cc1ccsc1C(=O)[C@@H](C#N)C(=O)Nc1ccccn1. The number of carbonyl (C=O) groups is 2. The molecule has 5 nitrogen and oxygen atoms in total. The van der Waals surface area contributed by atoms with Gasteiger partial charge in [-0.15, -0.1) is 11.3 Å². The highest BCUT2D eigenvalue weighted by Gasteiger charge is 2.29. The molecule has 2 rings (SSSR count). The Balaban J connectivity index is 2.17. The first kappa shape index (κ1) is 13.9. The number of amides is 1. The van der Waals surface area contributed by atoms with Gasteiger partial charge in [-0.25, -0.2) is 4.98 Å². The Morgan fingerprint density at radius 2 is 2.20 bits per heavy atom. The average molecular weight is 285 g/mol. The quantitative estimate of drug-likeness (QED) is 0.690. The van der Waals surface area contributed by atoms with Crippen LogP contribution in [0.25, 0.3) is 0 Å². The standard InChI is InChI=1S/C14H11N3O2S/c1-9-5-7-20-13(9)12(18)10(8-15)14(19)17-11-4-2-3-6-16-11/h2-7,10H,1H3,(H,16,17,19)/t10-/m1/s1. The van der Waals surface area contributed by atoms with E-state index in [1.807, 2.05) is 0 Å². The zero-order valence-corrected chi connectivity index (χ0v) is 11.5. The van der Waals surface area contributed by atoms with E-state index in [0.717, 1.165) is 5.56 Å². The molecule has 0 fully saturated rings. The highest BCUT2D eigenvalue weighted by Crippen LogP contribution is 2.20. The van der Waals surface area contributed by atoms with Crippen LogP contribution in [0.15, 0.2) is 35.8 Å². The molecule has 0 saturated heterocycles. The van der Waals surface area contributed by atoms with Crippen molar-refractivity contribution in [2.75, 3.05) is 5.32 Å². The molecule has 20 heavy (non-hydrogen) atoms. The van der Waals surface area contributed by atoms with E-state index in [2.05, 4.69) is 10.3 Å². The Labute approximate surface area is 119 Å². The number of hydrogen-bond acceptors (Lipinski definition) is 5. The molecular weight excluding hydrogens is 274 g/mol. The van der Waals surface area contributed by atoms with Crippen molar-refractivity contribution in [1.82, 2.24) is 4.98 Å². The number of pyridine rings is 1. The van der Waals surface area contributed by atoms with E-state index in [9.17, 15) is 9.59 Å². The summed E-state index contributed by atoms with van der Waals surface area (Å²) in [6.45, 7) is 1.77. The van der Waals surface area contributed by atoms with Gasteiger partial charge >= 0.3 is 0 Å². The van der Waals surface area contributed by atoms with Gasteiger partial charge in [0.1, 0.15) is 5.82 Å². The molecule has 2 aromatic rings. The van der Waals surface area contributed by atoms with Gasteiger partial charge in [0.2, 0.25) is 0 Å². The third-order valence-corrected chi connectivity index (χ3v) is 3.69. The number of rotatable bonds is 4. The Kier molecular flexibility index (Phi) is 4.23. The second-order valence-electron chi connectivity index (χ2n) is 4.06. The van der Waals surface area contributed by atoms with E-state index in [4.69, 9.17) is 5.26 Å². The van der Waals surface area contributed by atoms with E-state index in [1.54, 1.807) is 42.6 Å². The molecular formula is C14H11N3O2S. The molecule has 0 aliphatic carbocycles. The third kappa shape index (κ3) is 2.90. The van der Waals surface area contributed by atoms with Crippen LogP contribution < -0.4 is 5.32 Å². The van der Waals surface area contributed by atoms with Gasteiger partial charge in [-0.05, 0) is 36.1 Å². The maximum atomic E-state index is 12.2. The Hall–Kier alpha value is -2.52. The summed E-state index contributed by atoms with van der Waals surface area (Å²) < 4.78 is 0. The minimum absolute atomic E-state index is 0.313. The van der Waals surface area contributed by atoms with Crippen LogP contribution in [0.1, 0.15) is 15.2 Å². The number of carbonyl (C=O) groups excluding carboxylic acids is 2. The largest absolute Gasteiger partial charge is 0.309 e. The summed E-state index contributed by atoms with van der Waals surface area (Å²) in [5, 5.41) is 13.3. The maximum absolute atomic E-state index is 12.2. The van der Waals surface area contributed by atoms with Crippen LogP contribution in [0.5, 0.6) is 0 Å². The average Bonchev–Trinajstić information content (AvgIpc) is 2.86. The summed E-state index contributed by atoms with van der Waals surface area (Å²) in [4.78, 5) is 28.6. The van der Waals surface area contributed by atoms with Crippen molar-refractivity contribution in [3.63, 3.8) is 0 Å². The molecule has 100 valence electrons. The van der Waals surface area contributed by atoms with Crippen LogP contribution in [-0.4, -0.2) is 16.7 Å². The Bertz CT molecular complexity index is 673. The topological polar surface area (TPSA) is 82.8 Å². The fourth-order valence-electron chi connectivity index (χ4n) is 1.63. The smallest absolute Gasteiger partial charge is 0.250 e. The van der Waals surface area contributed by atoms with Crippen LogP contribution in [-0.2, 0) is 4.79 Å². The van der Waals surface area contributed by atoms with Crippen molar-refractivity contribution >= 4 is 28.8 Å². The highest BCUT2D eigenvalue weighted by atomic mass is 32.1. The molecule has 0 unspecified atom stereocenters. The van der Waals surface area contributed by atoms with Crippen LogP contribution in [0.2, 0.25) is 0 Å². The molecule has 2 heterocycles. The van der Waals surface area contributed by atoms with Crippen LogP contribution >= 0.6 is 11.3 Å². The van der Waals surface area contributed by atoms with Crippen LogP contribution in [0, 0.1) is 24.2 Å². The van der Waals surface area contributed by atoms with Gasteiger partial charge in [0.05, 0.1) is 10.9 Å². The van der Waals surface area contributed by atoms with Gasteiger partial charge in [-0.3, -0.25) is 9.59 Å². The van der Waals surface area contributed by atoms with Gasteiger partial charge in [0.15, 0.2) is 11.7 Å². The first-order valence-corrected chi connectivity index (χ1v) is 6.71. The molecule has 1 atom stereocenters. The molecule has 0 spiro atoms. The summed E-state index contributed by atoms with van der Waals surface area (Å²) in [6, 6.07) is 8.54. The van der Waals surface area contributed by atoms with Gasteiger partial charge in [-0.1, -0.05) is 6.07 Å². The zero-order chi connectivity index (χ0) is 14.5. The predicted molar refractivity (Wildman–Crippen MR) is 75.4 cm³/mol. The zero-order valence-electron chi connectivity index (χ0n) is 10.7. The minimum Gasteiger partial charge on any atom is -0.309 e. The molecule has 1 N–H and O–H groups in total. The second kappa shape index (κ2) is 6.08. The molecule has 0 saturated carbocycles. The minimum atomic E-state index is -1.37. The van der Waals surface area contributed by atoms with E-state index >= 15 is 0 Å². The first-order valence-electron chi connectivity index (χ1n) is 5.83. The van der Waals surface area contributed by atoms with Gasteiger partial charge in [-0.2, -0.15) is 5.26 Å². The van der Waals surface area contributed by atoms with Crippen molar-refractivity contribution < 1.29 is 9.59 Å². The monoisotopic (exact) mass is 285 g/mol. The third-order valence-electron chi connectivity index (χ3n) is 2.66. The number of nitrogens with one attached hydrogen (secondary N) is 1. The number of aromatic nitrogens is 1. The number of hydrogen-bond donors (Lipinski definition) is 1. The molecule has 0 bridgehead atoms.